The molecule has 12 heteroatoms. The van der Waals surface area contributed by atoms with Crippen LogP contribution in [0.3, 0.4) is 0 Å². The van der Waals surface area contributed by atoms with E-state index in [1.807, 2.05) is 0 Å². The second-order valence-electron chi connectivity index (χ2n) is 8.94. The highest BCUT2D eigenvalue weighted by atomic mass is 32.2. The number of pyridine rings is 1. The number of nitrogen functional groups attached to an aromatic ring is 1. The van der Waals surface area contributed by atoms with Gasteiger partial charge in [0.2, 0.25) is 0 Å². The number of halogens is 3. The Hall–Kier alpha value is -2.15. The van der Waals surface area contributed by atoms with Gasteiger partial charge in [-0.3, -0.25) is 4.98 Å². The molecule has 5 rings (SSSR count). The van der Waals surface area contributed by atoms with Crippen molar-refractivity contribution in [1.29, 1.82) is 0 Å². The number of rotatable bonds is 4. The number of nitrogens with two attached hydrogens (primary N) is 3. The quantitative estimate of drug-likeness (QED) is 0.564. The zero-order valence-corrected chi connectivity index (χ0v) is 18.7. The molecule has 1 aliphatic carbocycles. The fourth-order valence-corrected chi connectivity index (χ4v) is 5.93. The van der Waals surface area contributed by atoms with Crippen molar-refractivity contribution in [3.05, 3.63) is 29.7 Å². The first-order valence-corrected chi connectivity index (χ1v) is 11.8. The summed E-state index contributed by atoms with van der Waals surface area (Å²) in [6.45, 7) is 1.51. The Bertz CT molecular complexity index is 1050. The summed E-state index contributed by atoms with van der Waals surface area (Å²) >= 11 is 0.787. The average Bonchev–Trinajstić information content (AvgIpc) is 3.41. The van der Waals surface area contributed by atoms with Gasteiger partial charge in [0.1, 0.15) is 23.1 Å². The summed E-state index contributed by atoms with van der Waals surface area (Å²) in [6.07, 6.45) is 0.779. The molecule has 33 heavy (non-hydrogen) atoms. The highest BCUT2D eigenvalue weighted by molar-refractivity contribution is 7.99. The van der Waals surface area contributed by atoms with E-state index in [2.05, 4.69) is 19.9 Å². The van der Waals surface area contributed by atoms with E-state index in [0.29, 0.717) is 11.5 Å². The van der Waals surface area contributed by atoms with Crippen LogP contribution in [-0.4, -0.2) is 40.3 Å². The SMILES string of the molecule is Nc1nc(N2CCC3(CCC[C@@H]3N)CC2)c(C2OC2N)nc1Sc1cccnc1C(F)(F)F. The summed E-state index contributed by atoms with van der Waals surface area (Å²) < 4.78 is 45.6. The number of hydrogen-bond donors (Lipinski definition) is 3. The molecule has 2 unspecified atom stereocenters. The molecule has 4 heterocycles. The molecule has 0 amide bonds. The Kier molecular flexibility index (Phi) is 5.66. The van der Waals surface area contributed by atoms with Gasteiger partial charge < -0.3 is 26.8 Å². The fraction of sp³-hybridized carbons (Fsp3) is 0.571. The van der Waals surface area contributed by atoms with E-state index in [1.54, 1.807) is 0 Å². The number of piperidine rings is 1. The van der Waals surface area contributed by atoms with Gasteiger partial charge in [0.25, 0.3) is 0 Å². The first-order valence-electron chi connectivity index (χ1n) is 11.0. The topological polar surface area (TPSA) is 132 Å². The number of ether oxygens (including phenoxy) is 1. The van der Waals surface area contributed by atoms with Crippen LogP contribution in [0.5, 0.6) is 0 Å². The highest BCUT2D eigenvalue weighted by Crippen LogP contribution is 2.48. The molecule has 3 aliphatic rings. The number of aromatic nitrogens is 3. The van der Waals surface area contributed by atoms with E-state index in [-0.39, 0.29) is 27.2 Å². The van der Waals surface area contributed by atoms with E-state index in [9.17, 15) is 13.2 Å². The van der Waals surface area contributed by atoms with Crippen molar-refractivity contribution in [2.75, 3.05) is 23.7 Å². The second-order valence-corrected chi connectivity index (χ2v) is 9.97. The normalized spacial score (nSPS) is 26.7. The van der Waals surface area contributed by atoms with Crippen LogP contribution in [0.4, 0.5) is 24.8 Å². The van der Waals surface area contributed by atoms with E-state index >= 15 is 0 Å². The van der Waals surface area contributed by atoms with Gasteiger partial charge in [-0.15, -0.1) is 0 Å². The molecule has 3 fully saturated rings. The molecule has 6 N–H and O–H groups in total. The number of epoxide rings is 1. The summed E-state index contributed by atoms with van der Waals surface area (Å²) in [6, 6.07) is 2.99. The van der Waals surface area contributed by atoms with E-state index in [1.165, 1.54) is 12.1 Å². The number of hydrogen-bond acceptors (Lipinski definition) is 9. The molecule has 0 bridgehead atoms. The maximum absolute atomic E-state index is 13.4. The molecule has 2 saturated heterocycles. The Labute approximate surface area is 193 Å². The first-order chi connectivity index (χ1) is 15.7. The maximum Gasteiger partial charge on any atom is 0.434 e. The molecular weight excluding hydrogens is 455 g/mol. The van der Waals surface area contributed by atoms with Gasteiger partial charge in [-0.2, -0.15) is 13.2 Å². The number of nitrogens with zero attached hydrogens (tertiary/aromatic N) is 4. The third-order valence-corrected chi connectivity index (χ3v) is 8.02. The summed E-state index contributed by atoms with van der Waals surface area (Å²) in [5, 5.41) is 0.168. The lowest BCUT2D eigenvalue weighted by Gasteiger charge is -2.42. The van der Waals surface area contributed by atoms with Crippen LogP contribution in [0.2, 0.25) is 0 Å². The van der Waals surface area contributed by atoms with Gasteiger partial charge in [-0.25, -0.2) is 9.97 Å². The molecule has 3 atom stereocenters. The number of alkyl halides is 3. The first kappa shape index (κ1) is 22.6. The Morgan fingerprint density at radius 3 is 2.48 bits per heavy atom. The van der Waals surface area contributed by atoms with E-state index < -0.39 is 24.2 Å². The predicted molar refractivity (Wildman–Crippen MR) is 117 cm³/mol. The van der Waals surface area contributed by atoms with Gasteiger partial charge in [-0.1, -0.05) is 18.2 Å². The van der Waals surface area contributed by atoms with Crippen LogP contribution in [-0.2, 0) is 10.9 Å². The molecule has 2 aromatic rings. The minimum Gasteiger partial charge on any atom is -0.381 e. The minimum absolute atomic E-state index is 0.0582. The average molecular weight is 482 g/mol. The lowest BCUT2D eigenvalue weighted by molar-refractivity contribution is -0.143. The highest BCUT2D eigenvalue weighted by Gasteiger charge is 2.46. The van der Waals surface area contributed by atoms with Crippen LogP contribution in [0.25, 0.3) is 0 Å². The zero-order valence-electron chi connectivity index (χ0n) is 17.9. The molecule has 2 aliphatic heterocycles. The lowest BCUT2D eigenvalue weighted by Crippen LogP contribution is -2.47. The monoisotopic (exact) mass is 481 g/mol. The van der Waals surface area contributed by atoms with Gasteiger partial charge in [0.15, 0.2) is 17.3 Å². The summed E-state index contributed by atoms with van der Waals surface area (Å²) in [5.74, 6) is 0.640. The summed E-state index contributed by atoms with van der Waals surface area (Å²) in [7, 11) is 0. The number of anilines is 2. The van der Waals surface area contributed by atoms with E-state index in [0.717, 1.165) is 63.2 Å². The van der Waals surface area contributed by atoms with Crippen molar-refractivity contribution in [2.45, 2.75) is 66.6 Å². The fourth-order valence-electron chi connectivity index (χ4n) is 5.02. The van der Waals surface area contributed by atoms with Crippen molar-refractivity contribution in [3.8, 4) is 0 Å². The van der Waals surface area contributed by atoms with Crippen molar-refractivity contribution in [2.24, 2.45) is 16.9 Å². The van der Waals surface area contributed by atoms with Crippen LogP contribution in [0.1, 0.15) is 49.6 Å². The maximum atomic E-state index is 13.4. The molecule has 0 aromatic carbocycles. The minimum atomic E-state index is -4.60. The Balaban J connectivity index is 1.44. The summed E-state index contributed by atoms with van der Waals surface area (Å²) in [4.78, 5) is 14.7. The third-order valence-electron chi connectivity index (χ3n) is 6.97. The van der Waals surface area contributed by atoms with Crippen molar-refractivity contribution in [1.82, 2.24) is 15.0 Å². The van der Waals surface area contributed by atoms with Crippen molar-refractivity contribution >= 4 is 23.4 Å². The van der Waals surface area contributed by atoms with Crippen LogP contribution >= 0.6 is 11.8 Å². The molecule has 1 saturated carbocycles. The van der Waals surface area contributed by atoms with Crippen LogP contribution in [0, 0.1) is 5.41 Å². The third kappa shape index (κ3) is 4.25. The molecular formula is C21H26F3N7OS. The largest absolute Gasteiger partial charge is 0.434 e. The van der Waals surface area contributed by atoms with E-state index in [4.69, 9.17) is 21.9 Å². The van der Waals surface area contributed by atoms with Crippen molar-refractivity contribution in [3.63, 3.8) is 0 Å². The molecule has 0 radical (unpaired) electrons. The molecule has 1 spiro atoms. The van der Waals surface area contributed by atoms with Crippen LogP contribution < -0.4 is 22.1 Å². The zero-order chi connectivity index (χ0) is 23.4. The van der Waals surface area contributed by atoms with Gasteiger partial charge in [0, 0.05) is 30.2 Å². The standard InChI is InChI=1S/C21H26F3N7OS/c22-21(23,24)15-11(3-2-8-28-15)33-19-16(26)30-18(13(29-19)14-17(27)32-14)31-9-6-20(7-10-31)5-1-4-12(20)25/h2-3,8,12,14,17H,1,4-7,9-10,25,27H2,(H2,26,30)/t12-,14?,17?/m0/s1. The van der Waals surface area contributed by atoms with Gasteiger partial charge in [-0.05, 0) is 43.2 Å². The molecule has 178 valence electrons. The second kappa shape index (κ2) is 8.26. The Morgan fingerprint density at radius 2 is 1.88 bits per heavy atom. The Morgan fingerprint density at radius 1 is 1.15 bits per heavy atom. The van der Waals surface area contributed by atoms with Gasteiger partial charge in [0.05, 0.1) is 0 Å². The molecule has 2 aromatic heterocycles. The van der Waals surface area contributed by atoms with Crippen LogP contribution in [0.15, 0.2) is 28.3 Å². The van der Waals surface area contributed by atoms with Gasteiger partial charge >= 0.3 is 6.18 Å². The molecule has 8 nitrogen and oxygen atoms in total. The van der Waals surface area contributed by atoms with Crippen molar-refractivity contribution < 1.29 is 17.9 Å². The summed E-state index contributed by atoms with van der Waals surface area (Å²) in [5.41, 5.74) is 18.2. The smallest absolute Gasteiger partial charge is 0.381 e. The predicted octanol–water partition coefficient (Wildman–Crippen LogP) is 3.08. The lowest BCUT2D eigenvalue weighted by atomic mass is 9.74.